The molecule has 1 unspecified atom stereocenters. The standard InChI is InChI=1S/C12H13F3N2S/c13-12(14,15)9(6-16)7-18-11-5-8-3-1-2-4-10(8)17-11/h1-5,9,17H,6-7,16H2. The zero-order chi connectivity index (χ0) is 13.2. The summed E-state index contributed by atoms with van der Waals surface area (Å²) in [5.41, 5.74) is 6.08. The summed E-state index contributed by atoms with van der Waals surface area (Å²) < 4.78 is 37.6. The number of nitrogens with one attached hydrogen (secondary N) is 1. The molecule has 1 atom stereocenters. The number of nitrogens with two attached hydrogens (primary N) is 1. The number of hydrogen-bond donors (Lipinski definition) is 2. The Hall–Kier alpha value is -1.14. The van der Waals surface area contributed by atoms with Crippen LogP contribution < -0.4 is 5.73 Å². The van der Waals surface area contributed by atoms with Gasteiger partial charge in [-0.05, 0) is 12.1 Å². The summed E-state index contributed by atoms with van der Waals surface area (Å²) in [5.74, 6) is -1.53. The third-order valence-electron chi connectivity index (χ3n) is 2.69. The predicted octanol–water partition coefficient (Wildman–Crippen LogP) is 3.40. The fourth-order valence-electron chi connectivity index (χ4n) is 1.61. The van der Waals surface area contributed by atoms with Gasteiger partial charge >= 0.3 is 6.18 Å². The molecule has 0 bridgehead atoms. The number of alkyl halides is 3. The Morgan fingerprint density at radius 2 is 2.00 bits per heavy atom. The maximum Gasteiger partial charge on any atom is 0.393 e. The molecule has 2 aromatic rings. The molecule has 0 aliphatic rings. The first-order valence-electron chi connectivity index (χ1n) is 5.48. The van der Waals surface area contributed by atoms with Crippen molar-refractivity contribution in [3.63, 3.8) is 0 Å². The third-order valence-corrected chi connectivity index (χ3v) is 3.79. The van der Waals surface area contributed by atoms with E-state index in [-0.39, 0.29) is 12.3 Å². The molecule has 0 aliphatic carbocycles. The van der Waals surface area contributed by atoms with Crippen LogP contribution in [0.2, 0.25) is 0 Å². The topological polar surface area (TPSA) is 41.8 Å². The molecule has 0 aliphatic heterocycles. The van der Waals surface area contributed by atoms with E-state index in [4.69, 9.17) is 5.73 Å². The largest absolute Gasteiger partial charge is 0.393 e. The monoisotopic (exact) mass is 274 g/mol. The fraction of sp³-hybridized carbons (Fsp3) is 0.333. The second kappa shape index (κ2) is 5.24. The van der Waals surface area contributed by atoms with Crippen LogP contribution in [0.3, 0.4) is 0 Å². The van der Waals surface area contributed by atoms with Gasteiger partial charge in [-0.1, -0.05) is 18.2 Å². The summed E-state index contributed by atoms with van der Waals surface area (Å²) in [7, 11) is 0. The summed E-state index contributed by atoms with van der Waals surface area (Å²) in [4.78, 5) is 3.08. The lowest BCUT2D eigenvalue weighted by Crippen LogP contribution is -2.32. The van der Waals surface area contributed by atoms with Gasteiger partial charge in [-0.15, -0.1) is 11.8 Å². The Balaban J connectivity index is 2.05. The van der Waals surface area contributed by atoms with E-state index in [2.05, 4.69) is 4.98 Å². The van der Waals surface area contributed by atoms with Crippen LogP contribution >= 0.6 is 11.8 Å². The highest BCUT2D eigenvalue weighted by molar-refractivity contribution is 7.99. The minimum Gasteiger partial charge on any atom is -0.350 e. The lowest BCUT2D eigenvalue weighted by atomic mass is 10.2. The molecule has 1 aromatic carbocycles. The first kappa shape index (κ1) is 13.3. The van der Waals surface area contributed by atoms with E-state index < -0.39 is 12.1 Å². The molecule has 0 spiro atoms. The number of H-pyrrole nitrogens is 1. The van der Waals surface area contributed by atoms with Crippen molar-refractivity contribution in [3.05, 3.63) is 30.3 Å². The van der Waals surface area contributed by atoms with Gasteiger partial charge < -0.3 is 10.7 Å². The Morgan fingerprint density at radius 1 is 1.28 bits per heavy atom. The maximum atomic E-state index is 12.5. The molecule has 0 fully saturated rings. The van der Waals surface area contributed by atoms with Gasteiger partial charge in [-0.2, -0.15) is 13.2 Å². The number of thioether (sulfide) groups is 1. The third kappa shape index (κ3) is 3.00. The Morgan fingerprint density at radius 3 is 2.61 bits per heavy atom. The maximum absolute atomic E-state index is 12.5. The van der Waals surface area contributed by atoms with Gasteiger partial charge in [0.25, 0.3) is 0 Å². The lowest BCUT2D eigenvalue weighted by Gasteiger charge is -2.17. The number of aromatic amines is 1. The number of hydrogen-bond acceptors (Lipinski definition) is 2. The molecule has 18 heavy (non-hydrogen) atoms. The average molecular weight is 274 g/mol. The highest BCUT2D eigenvalue weighted by Crippen LogP contribution is 2.31. The molecule has 98 valence electrons. The minimum atomic E-state index is -4.23. The smallest absolute Gasteiger partial charge is 0.350 e. The van der Waals surface area contributed by atoms with Crippen molar-refractivity contribution in [1.82, 2.24) is 4.98 Å². The molecule has 0 amide bonds. The molecule has 1 aromatic heterocycles. The zero-order valence-electron chi connectivity index (χ0n) is 9.50. The van der Waals surface area contributed by atoms with Crippen molar-refractivity contribution < 1.29 is 13.2 Å². The molecule has 3 N–H and O–H groups in total. The molecule has 2 nitrogen and oxygen atoms in total. The van der Waals surface area contributed by atoms with Gasteiger partial charge in [0.1, 0.15) is 0 Å². The Labute approximate surface area is 107 Å². The number of fused-ring (bicyclic) bond motifs is 1. The Bertz CT molecular complexity index is 488. The molecule has 0 radical (unpaired) electrons. The van der Waals surface area contributed by atoms with Crippen LogP contribution in [0.25, 0.3) is 10.9 Å². The molecular formula is C12H13F3N2S. The molecule has 1 heterocycles. The van der Waals surface area contributed by atoms with Crippen LogP contribution in [0.5, 0.6) is 0 Å². The summed E-state index contributed by atoms with van der Waals surface area (Å²) in [6.07, 6.45) is -4.23. The lowest BCUT2D eigenvalue weighted by molar-refractivity contribution is -0.165. The van der Waals surface area contributed by atoms with Crippen LogP contribution in [0.15, 0.2) is 35.4 Å². The summed E-state index contributed by atoms with van der Waals surface area (Å²) in [6.45, 7) is -0.378. The fourth-order valence-corrected chi connectivity index (χ4v) is 2.71. The van der Waals surface area contributed by atoms with E-state index >= 15 is 0 Å². The van der Waals surface area contributed by atoms with E-state index in [1.807, 2.05) is 30.3 Å². The summed E-state index contributed by atoms with van der Waals surface area (Å²) in [5, 5.41) is 1.73. The summed E-state index contributed by atoms with van der Waals surface area (Å²) >= 11 is 1.15. The van der Waals surface area contributed by atoms with Crippen LogP contribution in [0, 0.1) is 5.92 Å². The quantitative estimate of drug-likeness (QED) is 0.839. The minimum absolute atomic E-state index is 0.0627. The highest BCUT2D eigenvalue weighted by Gasteiger charge is 2.38. The van der Waals surface area contributed by atoms with Gasteiger partial charge in [0.2, 0.25) is 0 Å². The van der Waals surface area contributed by atoms with Gasteiger partial charge in [0.15, 0.2) is 0 Å². The van der Waals surface area contributed by atoms with Gasteiger partial charge in [0, 0.05) is 23.2 Å². The van der Waals surface area contributed by atoms with E-state index in [0.717, 1.165) is 27.7 Å². The second-order valence-electron chi connectivity index (χ2n) is 4.01. The summed E-state index contributed by atoms with van der Waals surface area (Å²) in [6, 6.07) is 9.43. The van der Waals surface area contributed by atoms with Crippen LogP contribution in [-0.4, -0.2) is 23.5 Å². The highest BCUT2D eigenvalue weighted by atomic mass is 32.2. The van der Waals surface area contributed by atoms with Crippen LogP contribution in [-0.2, 0) is 0 Å². The van der Waals surface area contributed by atoms with Crippen molar-refractivity contribution in [2.24, 2.45) is 11.7 Å². The predicted molar refractivity (Wildman–Crippen MR) is 67.6 cm³/mol. The first-order valence-corrected chi connectivity index (χ1v) is 6.46. The number of aromatic nitrogens is 1. The van der Waals surface area contributed by atoms with Crippen molar-refractivity contribution in [3.8, 4) is 0 Å². The Kier molecular flexibility index (Phi) is 3.87. The van der Waals surface area contributed by atoms with Gasteiger partial charge in [-0.25, -0.2) is 0 Å². The van der Waals surface area contributed by atoms with Crippen molar-refractivity contribution >= 4 is 22.7 Å². The van der Waals surface area contributed by atoms with Crippen molar-refractivity contribution in [1.29, 1.82) is 0 Å². The SMILES string of the molecule is NCC(CSc1cc2ccccc2[nH]1)C(F)(F)F. The van der Waals surface area contributed by atoms with Crippen LogP contribution in [0.4, 0.5) is 13.2 Å². The van der Waals surface area contributed by atoms with Crippen LogP contribution in [0.1, 0.15) is 0 Å². The molecule has 0 saturated heterocycles. The van der Waals surface area contributed by atoms with E-state index in [1.54, 1.807) is 0 Å². The van der Waals surface area contributed by atoms with Gasteiger partial charge in [0.05, 0.1) is 10.9 Å². The molecule has 0 saturated carbocycles. The van der Waals surface area contributed by atoms with Crippen molar-refractivity contribution in [2.75, 3.05) is 12.3 Å². The molecule has 2 rings (SSSR count). The normalized spacial score (nSPS) is 14.0. The van der Waals surface area contributed by atoms with E-state index in [0.29, 0.717) is 0 Å². The first-order chi connectivity index (χ1) is 8.50. The van der Waals surface area contributed by atoms with E-state index in [9.17, 15) is 13.2 Å². The molecule has 6 heteroatoms. The number of halogens is 3. The van der Waals surface area contributed by atoms with Gasteiger partial charge in [-0.3, -0.25) is 0 Å². The second-order valence-corrected chi connectivity index (χ2v) is 5.07. The number of benzene rings is 1. The number of rotatable bonds is 4. The van der Waals surface area contributed by atoms with Crippen molar-refractivity contribution in [2.45, 2.75) is 11.2 Å². The number of para-hydroxylation sites is 1. The zero-order valence-corrected chi connectivity index (χ0v) is 10.3. The van der Waals surface area contributed by atoms with E-state index in [1.165, 1.54) is 0 Å². The average Bonchev–Trinajstić information content (AvgIpc) is 2.70. The molecular weight excluding hydrogens is 261 g/mol.